The molecule has 2 heteroatoms. The maximum atomic E-state index is 3.51. The summed E-state index contributed by atoms with van der Waals surface area (Å²) in [6.45, 7) is 4.48. The van der Waals surface area contributed by atoms with Crippen LogP contribution in [-0.4, -0.2) is 0 Å². The van der Waals surface area contributed by atoms with Gasteiger partial charge in [0.1, 0.15) is 0 Å². The van der Waals surface area contributed by atoms with E-state index in [0.29, 0.717) is 0 Å². The molecule has 0 spiro atoms. The summed E-state index contributed by atoms with van der Waals surface area (Å²) in [5.74, 6) is 0.755. The molecule has 0 atom stereocenters. The number of halogens is 1. The van der Waals surface area contributed by atoms with Crippen molar-refractivity contribution >= 4 is 27.3 Å². The quantitative estimate of drug-likeness (QED) is 0.711. The van der Waals surface area contributed by atoms with Crippen LogP contribution >= 0.6 is 27.3 Å². The topological polar surface area (TPSA) is 0 Å². The Morgan fingerprint density at radius 3 is 2.70 bits per heavy atom. The Bertz CT molecular complexity index is 203. The molecule has 10 heavy (non-hydrogen) atoms. The van der Waals surface area contributed by atoms with Gasteiger partial charge in [-0.3, -0.25) is 0 Å². The van der Waals surface area contributed by atoms with Gasteiger partial charge in [0.15, 0.2) is 0 Å². The van der Waals surface area contributed by atoms with Crippen LogP contribution in [0.25, 0.3) is 0 Å². The highest BCUT2D eigenvalue weighted by atomic mass is 79.9. The first kappa shape index (κ1) is 8.28. The van der Waals surface area contributed by atoms with Gasteiger partial charge < -0.3 is 0 Å². The van der Waals surface area contributed by atoms with Crippen LogP contribution in [0.15, 0.2) is 15.2 Å². The number of thiophene rings is 1. The summed E-state index contributed by atoms with van der Waals surface area (Å²) in [5.41, 5.74) is 1.44. The summed E-state index contributed by atoms with van der Waals surface area (Å²) in [6, 6.07) is 2.19. The zero-order valence-corrected chi connectivity index (χ0v) is 8.63. The van der Waals surface area contributed by atoms with E-state index < -0.39 is 0 Å². The van der Waals surface area contributed by atoms with Gasteiger partial charge in [0.05, 0.1) is 3.79 Å². The molecule has 1 rings (SSSR count). The second-order valence-corrected chi connectivity index (χ2v) is 5.05. The Morgan fingerprint density at radius 2 is 2.30 bits per heavy atom. The van der Waals surface area contributed by atoms with E-state index in [0.717, 1.165) is 5.92 Å². The molecule has 0 aromatic carbocycles. The summed E-state index contributed by atoms with van der Waals surface area (Å²) >= 11 is 5.28. The second kappa shape index (κ2) is 3.54. The molecule has 1 heterocycles. The second-order valence-electron chi connectivity index (χ2n) is 2.82. The average molecular weight is 219 g/mol. The Hall–Kier alpha value is 0.180. The summed E-state index contributed by atoms with van der Waals surface area (Å²) in [7, 11) is 0. The number of rotatable bonds is 2. The van der Waals surface area contributed by atoms with Crippen LogP contribution in [0.3, 0.4) is 0 Å². The zero-order valence-electron chi connectivity index (χ0n) is 6.23. The van der Waals surface area contributed by atoms with Crippen LogP contribution in [0.5, 0.6) is 0 Å². The lowest BCUT2D eigenvalue weighted by molar-refractivity contribution is 0.647. The summed E-state index contributed by atoms with van der Waals surface area (Å²) < 4.78 is 1.29. The van der Waals surface area contributed by atoms with Crippen LogP contribution in [0.1, 0.15) is 19.4 Å². The number of hydrogen-bond donors (Lipinski definition) is 0. The SMILES string of the molecule is CC(C)Cc1ccsc1Br. The first-order valence-electron chi connectivity index (χ1n) is 3.42. The zero-order chi connectivity index (χ0) is 7.56. The van der Waals surface area contributed by atoms with Crippen LogP contribution in [0.2, 0.25) is 0 Å². The molecule has 56 valence electrons. The third kappa shape index (κ3) is 2.10. The molecular formula is C8H11BrS. The largest absolute Gasteiger partial charge is 0.137 e. The third-order valence-electron chi connectivity index (χ3n) is 1.32. The van der Waals surface area contributed by atoms with E-state index >= 15 is 0 Å². The van der Waals surface area contributed by atoms with Crippen molar-refractivity contribution in [1.82, 2.24) is 0 Å². The van der Waals surface area contributed by atoms with Crippen molar-refractivity contribution in [2.75, 3.05) is 0 Å². The summed E-state index contributed by atoms with van der Waals surface area (Å²) in [6.07, 6.45) is 1.18. The molecule has 0 N–H and O–H groups in total. The minimum Gasteiger partial charge on any atom is -0.137 e. The molecule has 0 saturated carbocycles. The predicted octanol–water partition coefficient (Wildman–Crippen LogP) is 3.71. The molecule has 0 bridgehead atoms. The monoisotopic (exact) mass is 218 g/mol. The Kier molecular flexibility index (Phi) is 2.93. The first-order valence-corrected chi connectivity index (χ1v) is 5.09. The average Bonchev–Trinajstić information content (AvgIpc) is 2.15. The minimum absolute atomic E-state index is 0.755. The highest BCUT2D eigenvalue weighted by Gasteiger charge is 2.02. The van der Waals surface area contributed by atoms with Crippen LogP contribution in [-0.2, 0) is 6.42 Å². The maximum absolute atomic E-state index is 3.51. The molecule has 1 aromatic heterocycles. The molecule has 0 amide bonds. The van der Waals surface area contributed by atoms with Crippen LogP contribution in [0, 0.1) is 5.92 Å². The van der Waals surface area contributed by atoms with Gasteiger partial charge in [-0.2, -0.15) is 0 Å². The van der Waals surface area contributed by atoms with Gasteiger partial charge in [0.25, 0.3) is 0 Å². The molecule has 1 aromatic rings. The molecule has 0 fully saturated rings. The van der Waals surface area contributed by atoms with E-state index in [1.807, 2.05) is 0 Å². The maximum Gasteiger partial charge on any atom is 0.0730 e. The standard InChI is InChI=1S/C8H11BrS/c1-6(2)5-7-3-4-10-8(7)9/h3-4,6H,5H2,1-2H3. The van der Waals surface area contributed by atoms with Crippen molar-refractivity contribution in [3.63, 3.8) is 0 Å². The first-order chi connectivity index (χ1) is 4.70. The molecule has 0 aliphatic carbocycles. The Morgan fingerprint density at radius 1 is 1.60 bits per heavy atom. The van der Waals surface area contributed by atoms with E-state index in [1.54, 1.807) is 11.3 Å². The molecular weight excluding hydrogens is 208 g/mol. The highest BCUT2D eigenvalue weighted by molar-refractivity contribution is 9.11. The van der Waals surface area contributed by atoms with Crippen molar-refractivity contribution in [1.29, 1.82) is 0 Å². The smallest absolute Gasteiger partial charge is 0.0730 e. The van der Waals surface area contributed by atoms with E-state index in [1.165, 1.54) is 15.8 Å². The lowest BCUT2D eigenvalue weighted by Gasteiger charge is -2.01. The Labute approximate surface area is 74.4 Å². The predicted molar refractivity (Wildman–Crippen MR) is 50.6 cm³/mol. The van der Waals surface area contributed by atoms with Gasteiger partial charge in [-0.15, -0.1) is 11.3 Å². The Balaban J connectivity index is 2.65. The van der Waals surface area contributed by atoms with Gasteiger partial charge in [0, 0.05) is 0 Å². The van der Waals surface area contributed by atoms with E-state index in [9.17, 15) is 0 Å². The summed E-state index contributed by atoms with van der Waals surface area (Å²) in [4.78, 5) is 0. The van der Waals surface area contributed by atoms with Crippen molar-refractivity contribution in [2.45, 2.75) is 20.3 Å². The number of hydrogen-bond acceptors (Lipinski definition) is 1. The van der Waals surface area contributed by atoms with Crippen molar-refractivity contribution < 1.29 is 0 Å². The van der Waals surface area contributed by atoms with Crippen LogP contribution in [0.4, 0.5) is 0 Å². The lowest BCUT2D eigenvalue weighted by Crippen LogP contribution is -1.91. The van der Waals surface area contributed by atoms with Gasteiger partial charge >= 0.3 is 0 Å². The van der Waals surface area contributed by atoms with Crippen molar-refractivity contribution in [3.8, 4) is 0 Å². The molecule has 0 aliphatic heterocycles. The molecule has 0 aliphatic rings. The minimum atomic E-state index is 0.755. The molecule has 0 nitrogen and oxygen atoms in total. The van der Waals surface area contributed by atoms with Crippen molar-refractivity contribution in [3.05, 3.63) is 20.8 Å². The van der Waals surface area contributed by atoms with Crippen molar-refractivity contribution in [2.24, 2.45) is 5.92 Å². The van der Waals surface area contributed by atoms with Gasteiger partial charge in [-0.25, -0.2) is 0 Å². The fraction of sp³-hybridized carbons (Fsp3) is 0.500. The van der Waals surface area contributed by atoms with E-state index in [2.05, 4.69) is 41.2 Å². The molecule has 0 radical (unpaired) electrons. The summed E-state index contributed by atoms with van der Waals surface area (Å²) in [5, 5.41) is 2.13. The molecule has 0 unspecified atom stereocenters. The van der Waals surface area contributed by atoms with Crippen LogP contribution < -0.4 is 0 Å². The third-order valence-corrected chi connectivity index (χ3v) is 3.13. The molecule has 0 saturated heterocycles. The van der Waals surface area contributed by atoms with E-state index in [-0.39, 0.29) is 0 Å². The highest BCUT2D eigenvalue weighted by Crippen LogP contribution is 2.25. The lowest BCUT2D eigenvalue weighted by atomic mass is 10.1. The van der Waals surface area contributed by atoms with Gasteiger partial charge in [0.2, 0.25) is 0 Å². The fourth-order valence-corrected chi connectivity index (χ4v) is 2.18. The van der Waals surface area contributed by atoms with Gasteiger partial charge in [-0.05, 0) is 45.3 Å². The fourth-order valence-electron chi connectivity index (χ4n) is 0.905. The van der Waals surface area contributed by atoms with E-state index in [4.69, 9.17) is 0 Å². The van der Waals surface area contributed by atoms with Gasteiger partial charge in [-0.1, -0.05) is 13.8 Å². The normalized spacial score (nSPS) is 10.8.